The summed E-state index contributed by atoms with van der Waals surface area (Å²) in [5, 5.41) is 32.1. The van der Waals surface area contributed by atoms with Gasteiger partial charge in [-0.3, -0.25) is 20.2 Å². The smallest absolute Gasteiger partial charge is 0.321 e. The van der Waals surface area contributed by atoms with Gasteiger partial charge in [0.1, 0.15) is 0 Å². The van der Waals surface area contributed by atoms with E-state index in [4.69, 9.17) is 9.47 Å². The third kappa shape index (κ3) is 3.64. The zero-order valence-corrected chi connectivity index (χ0v) is 12.1. The first-order chi connectivity index (χ1) is 9.60. The summed E-state index contributed by atoms with van der Waals surface area (Å²) in [5.41, 5.74) is -0.587. The van der Waals surface area contributed by atoms with E-state index in [0.717, 1.165) is 13.0 Å². The minimum Gasteiger partial charge on any atom is -0.425 e. The summed E-state index contributed by atoms with van der Waals surface area (Å²) in [4.78, 5) is 20.7. The van der Waals surface area contributed by atoms with Gasteiger partial charge in [0.2, 0.25) is 0 Å². The number of hydrogen-bond acceptors (Lipinski definition) is 7. The number of nitrogens with zero attached hydrogens (tertiary/aromatic N) is 2. The Morgan fingerprint density at radius 3 is 2.29 bits per heavy atom. The van der Waals surface area contributed by atoms with Gasteiger partial charge in [0.05, 0.1) is 16.5 Å². The molecule has 0 heterocycles. The quantitative estimate of drug-likeness (QED) is 0.485. The molecule has 9 heteroatoms. The number of hydrogen-bond donors (Lipinski definition) is 1. The number of aliphatic hydroxyl groups is 1. The van der Waals surface area contributed by atoms with Crippen LogP contribution in [0.25, 0.3) is 0 Å². The molecule has 1 aromatic carbocycles. The highest BCUT2D eigenvalue weighted by atomic mass is 16.8. The molecule has 21 heavy (non-hydrogen) atoms. The van der Waals surface area contributed by atoms with Crippen LogP contribution in [0.1, 0.15) is 25.0 Å². The van der Waals surface area contributed by atoms with Crippen LogP contribution in [-0.4, -0.2) is 27.5 Å². The molecule has 0 saturated carbocycles. The van der Waals surface area contributed by atoms with Crippen LogP contribution in [-0.2, 0) is 4.74 Å². The third-order valence-electron chi connectivity index (χ3n) is 2.83. The van der Waals surface area contributed by atoms with Gasteiger partial charge in [-0.05, 0) is 26.3 Å². The molecule has 9 nitrogen and oxygen atoms in total. The van der Waals surface area contributed by atoms with Crippen molar-refractivity contribution in [3.05, 3.63) is 37.4 Å². The number of benzene rings is 1. The van der Waals surface area contributed by atoms with E-state index < -0.39 is 32.9 Å². The molecule has 0 aliphatic rings. The van der Waals surface area contributed by atoms with E-state index in [1.165, 1.54) is 13.8 Å². The SMILES string of the molecule is CCOC(C)(O)Oc1c([N+](=O)[O-])cc(C)c(C)c1[N+](=O)[O-]. The molecule has 1 unspecified atom stereocenters. The van der Waals surface area contributed by atoms with Gasteiger partial charge in [0.25, 0.3) is 5.75 Å². The number of rotatable bonds is 6. The number of aryl methyl sites for hydroxylation is 1. The third-order valence-corrected chi connectivity index (χ3v) is 2.83. The van der Waals surface area contributed by atoms with Crippen LogP contribution in [0.15, 0.2) is 6.07 Å². The second-order valence-electron chi connectivity index (χ2n) is 4.46. The van der Waals surface area contributed by atoms with Crippen molar-refractivity contribution in [2.24, 2.45) is 0 Å². The zero-order valence-electron chi connectivity index (χ0n) is 12.1. The second kappa shape index (κ2) is 6.02. The summed E-state index contributed by atoms with van der Waals surface area (Å²) in [5.74, 6) is -2.85. The molecule has 0 amide bonds. The summed E-state index contributed by atoms with van der Waals surface area (Å²) in [6, 6.07) is 1.15. The zero-order chi connectivity index (χ0) is 16.4. The Kier molecular flexibility index (Phi) is 4.81. The first-order valence-electron chi connectivity index (χ1n) is 6.09. The van der Waals surface area contributed by atoms with E-state index in [-0.39, 0.29) is 12.2 Å². The maximum Gasteiger partial charge on any atom is 0.321 e. The monoisotopic (exact) mass is 300 g/mol. The van der Waals surface area contributed by atoms with Crippen molar-refractivity contribution in [3.8, 4) is 5.75 Å². The highest BCUT2D eigenvalue weighted by Gasteiger charge is 2.36. The molecule has 0 aliphatic heterocycles. The molecule has 1 atom stereocenters. The Balaban J connectivity index is 3.56. The Hall–Kier alpha value is -2.26. The van der Waals surface area contributed by atoms with Crippen LogP contribution < -0.4 is 4.74 Å². The van der Waals surface area contributed by atoms with E-state index in [9.17, 15) is 25.3 Å². The van der Waals surface area contributed by atoms with Gasteiger partial charge in [-0.25, -0.2) is 0 Å². The molecule has 0 fully saturated rings. The van der Waals surface area contributed by atoms with E-state index in [0.29, 0.717) is 5.56 Å². The minimum atomic E-state index is -2.22. The molecule has 0 radical (unpaired) electrons. The molecule has 1 rings (SSSR count). The van der Waals surface area contributed by atoms with Gasteiger partial charge >= 0.3 is 17.3 Å². The molecule has 1 N–H and O–H groups in total. The van der Waals surface area contributed by atoms with Gasteiger partial charge in [0.15, 0.2) is 0 Å². The van der Waals surface area contributed by atoms with E-state index >= 15 is 0 Å². The fourth-order valence-corrected chi connectivity index (χ4v) is 1.80. The van der Waals surface area contributed by atoms with Crippen LogP contribution in [0.3, 0.4) is 0 Å². The molecule has 0 saturated heterocycles. The second-order valence-corrected chi connectivity index (χ2v) is 4.46. The predicted octanol–water partition coefficient (Wildman–Crippen LogP) is 2.20. The highest BCUT2D eigenvalue weighted by molar-refractivity contribution is 5.66. The molecule has 0 spiro atoms. The minimum absolute atomic E-state index is 0.0550. The predicted molar refractivity (Wildman–Crippen MR) is 72.1 cm³/mol. The van der Waals surface area contributed by atoms with Crippen LogP contribution in [0.4, 0.5) is 11.4 Å². The highest BCUT2D eigenvalue weighted by Crippen LogP contribution is 2.42. The van der Waals surface area contributed by atoms with E-state index in [2.05, 4.69) is 0 Å². The molecule has 1 aromatic rings. The molecular formula is C12H16N2O7. The van der Waals surface area contributed by atoms with Crippen molar-refractivity contribution in [3.63, 3.8) is 0 Å². The van der Waals surface area contributed by atoms with Gasteiger partial charge in [-0.1, -0.05) is 0 Å². The van der Waals surface area contributed by atoms with Crippen LogP contribution >= 0.6 is 0 Å². The summed E-state index contributed by atoms with van der Waals surface area (Å²) in [6.45, 7) is 5.68. The van der Waals surface area contributed by atoms with E-state index in [1.807, 2.05) is 0 Å². The van der Waals surface area contributed by atoms with Gasteiger partial charge in [-0.2, -0.15) is 0 Å². The maximum atomic E-state index is 11.2. The van der Waals surface area contributed by atoms with Crippen LogP contribution in [0, 0.1) is 34.1 Å². The lowest BCUT2D eigenvalue weighted by molar-refractivity contribution is -0.402. The lowest BCUT2D eigenvalue weighted by atomic mass is 10.1. The lowest BCUT2D eigenvalue weighted by Crippen LogP contribution is -2.35. The van der Waals surface area contributed by atoms with Gasteiger partial charge in [-0.15, -0.1) is 0 Å². The Bertz CT molecular complexity index is 583. The Morgan fingerprint density at radius 1 is 1.29 bits per heavy atom. The average molecular weight is 300 g/mol. The fourth-order valence-electron chi connectivity index (χ4n) is 1.80. The molecule has 0 aromatic heterocycles. The van der Waals surface area contributed by atoms with Crippen molar-refractivity contribution in [2.45, 2.75) is 33.7 Å². The number of ether oxygens (including phenoxy) is 2. The van der Waals surface area contributed by atoms with Crippen LogP contribution in [0.5, 0.6) is 5.75 Å². The summed E-state index contributed by atoms with van der Waals surface area (Å²) in [7, 11) is 0. The number of nitro groups is 2. The lowest BCUT2D eigenvalue weighted by Gasteiger charge is -2.23. The molecule has 0 aliphatic carbocycles. The topological polar surface area (TPSA) is 125 Å². The molecule has 116 valence electrons. The van der Waals surface area contributed by atoms with Gasteiger partial charge in [0, 0.05) is 18.6 Å². The van der Waals surface area contributed by atoms with E-state index in [1.54, 1.807) is 6.92 Å². The Morgan fingerprint density at radius 2 is 1.86 bits per heavy atom. The normalized spacial score (nSPS) is 13.6. The largest absolute Gasteiger partial charge is 0.425 e. The maximum absolute atomic E-state index is 11.2. The number of nitro benzene ring substituents is 2. The van der Waals surface area contributed by atoms with Crippen molar-refractivity contribution >= 4 is 11.4 Å². The Labute approximate surface area is 120 Å². The van der Waals surface area contributed by atoms with Crippen molar-refractivity contribution in [1.82, 2.24) is 0 Å². The molecular weight excluding hydrogens is 284 g/mol. The van der Waals surface area contributed by atoms with Gasteiger partial charge < -0.3 is 14.6 Å². The van der Waals surface area contributed by atoms with Crippen molar-refractivity contribution in [2.75, 3.05) is 6.61 Å². The average Bonchev–Trinajstić information content (AvgIpc) is 2.32. The van der Waals surface area contributed by atoms with Crippen molar-refractivity contribution in [1.29, 1.82) is 0 Å². The first-order valence-corrected chi connectivity index (χ1v) is 6.09. The fraction of sp³-hybridized carbons (Fsp3) is 0.500. The van der Waals surface area contributed by atoms with Crippen LogP contribution in [0.2, 0.25) is 0 Å². The molecule has 0 bridgehead atoms. The summed E-state index contributed by atoms with van der Waals surface area (Å²) < 4.78 is 9.87. The summed E-state index contributed by atoms with van der Waals surface area (Å²) >= 11 is 0. The summed E-state index contributed by atoms with van der Waals surface area (Å²) in [6.07, 6.45) is 0. The van der Waals surface area contributed by atoms with Crippen molar-refractivity contribution < 1.29 is 24.4 Å². The standard InChI is InChI=1S/C12H16N2O7/c1-5-20-12(4,15)21-11-9(13(16)17)6-7(2)8(3)10(11)14(18)19/h6,15H,5H2,1-4H3. The first kappa shape index (κ1) is 16.8.